The average Bonchev–Trinajstić information content (AvgIpc) is 2.29. The van der Waals surface area contributed by atoms with Gasteiger partial charge in [-0.05, 0) is 25.0 Å². The van der Waals surface area contributed by atoms with E-state index in [2.05, 4.69) is 23.9 Å². The molecular formula is C14H21F2NO. The predicted octanol–water partition coefficient (Wildman–Crippen LogP) is 4.67. The van der Waals surface area contributed by atoms with Crippen LogP contribution < -0.4 is 10.1 Å². The molecule has 0 aliphatic carbocycles. The maximum atomic E-state index is 12.1. The lowest BCUT2D eigenvalue weighted by molar-refractivity contribution is -0.0498. The van der Waals surface area contributed by atoms with Crippen molar-refractivity contribution in [3.63, 3.8) is 0 Å². The zero-order chi connectivity index (χ0) is 13.4. The molecule has 1 rings (SSSR count). The number of anilines is 1. The topological polar surface area (TPSA) is 21.3 Å². The molecule has 1 aromatic rings. The van der Waals surface area contributed by atoms with Crippen molar-refractivity contribution in [3.8, 4) is 5.75 Å². The number of benzene rings is 1. The lowest BCUT2D eigenvalue weighted by Crippen LogP contribution is -2.18. The summed E-state index contributed by atoms with van der Waals surface area (Å²) in [6.45, 7) is 1.50. The van der Waals surface area contributed by atoms with Crippen LogP contribution in [0.5, 0.6) is 5.75 Å². The summed E-state index contributed by atoms with van der Waals surface area (Å²) in [5.41, 5.74) is 0.833. The number of ether oxygens (including phenoxy) is 1. The number of hydrogen-bond donors (Lipinski definition) is 1. The van der Waals surface area contributed by atoms with Gasteiger partial charge < -0.3 is 10.1 Å². The van der Waals surface area contributed by atoms with Gasteiger partial charge in [-0.15, -0.1) is 0 Å². The third-order valence-electron chi connectivity index (χ3n) is 2.70. The summed E-state index contributed by atoms with van der Waals surface area (Å²) in [7, 11) is 0. The first-order chi connectivity index (χ1) is 8.65. The smallest absolute Gasteiger partial charge is 0.387 e. The molecule has 0 amide bonds. The van der Waals surface area contributed by atoms with E-state index in [9.17, 15) is 8.78 Å². The van der Waals surface area contributed by atoms with Gasteiger partial charge in [0.05, 0.1) is 0 Å². The molecule has 18 heavy (non-hydrogen) atoms. The van der Waals surface area contributed by atoms with Gasteiger partial charge in [-0.1, -0.05) is 32.8 Å². The minimum Gasteiger partial charge on any atom is -0.435 e. The van der Waals surface area contributed by atoms with E-state index in [1.807, 2.05) is 6.07 Å². The largest absolute Gasteiger partial charge is 0.435 e. The Morgan fingerprint density at radius 3 is 2.39 bits per heavy atom. The summed E-state index contributed by atoms with van der Waals surface area (Å²) in [4.78, 5) is 0. The Balaban J connectivity index is 2.64. The average molecular weight is 257 g/mol. The first-order valence-corrected chi connectivity index (χ1v) is 6.47. The van der Waals surface area contributed by atoms with E-state index in [4.69, 9.17) is 0 Å². The van der Waals surface area contributed by atoms with Crippen LogP contribution in [-0.4, -0.2) is 12.7 Å². The standard InChI is InChI=1S/C14H21F2NO/c1-3-6-11(7-4-2)17-12-8-5-9-13(10-12)18-14(15)16/h5,8-11,14,17H,3-4,6-7H2,1-2H3. The van der Waals surface area contributed by atoms with E-state index in [1.165, 1.54) is 6.07 Å². The highest BCUT2D eigenvalue weighted by molar-refractivity contribution is 5.48. The van der Waals surface area contributed by atoms with Gasteiger partial charge in [-0.25, -0.2) is 0 Å². The van der Waals surface area contributed by atoms with Crippen molar-refractivity contribution < 1.29 is 13.5 Å². The van der Waals surface area contributed by atoms with E-state index < -0.39 is 6.61 Å². The van der Waals surface area contributed by atoms with Crippen molar-refractivity contribution >= 4 is 5.69 Å². The second-order valence-electron chi connectivity index (χ2n) is 4.32. The van der Waals surface area contributed by atoms with Crippen LogP contribution in [-0.2, 0) is 0 Å². The molecule has 102 valence electrons. The van der Waals surface area contributed by atoms with Crippen LogP contribution in [0, 0.1) is 0 Å². The molecule has 1 N–H and O–H groups in total. The molecule has 2 nitrogen and oxygen atoms in total. The predicted molar refractivity (Wildman–Crippen MR) is 70.3 cm³/mol. The van der Waals surface area contributed by atoms with Gasteiger partial charge in [0.15, 0.2) is 0 Å². The Morgan fingerprint density at radius 1 is 1.17 bits per heavy atom. The van der Waals surface area contributed by atoms with Gasteiger partial charge in [0, 0.05) is 17.8 Å². The van der Waals surface area contributed by atoms with Gasteiger partial charge in [-0.3, -0.25) is 0 Å². The highest BCUT2D eigenvalue weighted by Crippen LogP contribution is 2.21. The summed E-state index contributed by atoms with van der Waals surface area (Å²) in [6.07, 6.45) is 4.36. The molecular weight excluding hydrogens is 236 g/mol. The van der Waals surface area contributed by atoms with Gasteiger partial charge in [-0.2, -0.15) is 8.78 Å². The van der Waals surface area contributed by atoms with E-state index in [1.54, 1.807) is 12.1 Å². The Hall–Kier alpha value is -1.32. The summed E-state index contributed by atoms with van der Waals surface area (Å²) >= 11 is 0. The van der Waals surface area contributed by atoms with E-state index in [0.717, 1.165) is 31.4 Å². The van der Waals surface area contributed by atoms with Gasteiger partial charge in [0.2, 0.25) is 0 Å². The molecule has 0 aliphatic heterocycles. The molecule has 0 aliphatic rings. The Morgan fingerprint density at radius 2 is 1.83 bits per heavy atom. The number of halogens is 2. The van der Waals surface area contributed by atoms with Crippen LogP contribution in [0.4, 0.5) is 14.5 Å². The molecule has 0 aromatic heterocycles. The fourth-order valence-corrected chi connectivity index (χ4v) is 1.98. The molecule has 0 unspecified atom stereocenters. The number of alkyl halides is 2. The highest BCUT2D eigenvalue weighted by Gasteiger charge is 2.08. The zero-order valence-corrected chi connectivity index (χ0v) is 11.0. The summed E-state index contributed by atoms with van der Waals surface area (Å²) in [6, 6.07) is 7.13. The van der Waals surface area contributed by atoms with Crippen molar-refractivity contribution in [2.24, 2.45) is 0 Å². The third kappa shape index (κ3) is 5.34. The Labute approximate surface area is 107 Å². The minimum absolute atomic E-state index is 0.196. The van der Waals surface area contributed by atoms with Crippen LogP contribution in [0.15, 0.2) is 24.3 Å². The van der Waals surface area contributed by atoms with Crippen LogP contribution in [0.25, 0.3) is 0 Å². The molecule has 4 heteroatoms. The molecule has 0 radical (unpaired) electrons. The molecule has 0 bridgehead atoms. The Bertz CT molecular complexity index is 338. The van der Waals surface area contributed by atoms with E-state index in [0.29, 0.717) is 6.04 Å². The summed E-state index contributed by atoms with van der Waals surface area (Å²) in [5, 5.41) is 3.37. The normalized spacial score (nSPS) is 11.0. The molecule has 0 atom stereocenters. The first kappa shape index (κ1) is 14.7. The van der Waals surface area contributed by atoms with Crippen LogP contribution in [0.3, 0.4) is 0 Å². The first-order valence-electron chi connectivity index (χ1n) is 6.47. The van der Waals surface area contributed by atoms with Crippen LogP contribution in [0.1, 0.15) is 39.5 Å². The third-order valence-corrected chi connectivity index (χ3v) is 2.70. The van der Waals surface area contributed by atoms with Gasteiger partial charge in [0.1, 0.15) is 5.75 Å². The second-order valence-corrected chi connectivity index (χ2v) is 4.32. The summed E-state index contributed by atoms with van der Waals surface area (Å²) < 4.78 is 28.6. The van der Waals surface area contributed by atoms with Crippen molar-refractivity contribution in [1.82, 2.24) is 0 Å². The van der Waals surface area contributed by atoms with Gasteiger partial charge in [0.25, 0.3) is 0 Å². The van der Waals surface area contributed by atoms with Gasteiger partial charge >= 0.3 is 6.61 Å². The van der Waals surface area contributed by atoms with Crippen molar-refractivity contribution in [2.75, 3.05) is 5.32 Å². The maximum Gasteiger partial charge on any atom is 0.387 e. The number of hydrogen-bond acceptors (Lipinski definition) is 2. The number of nitrogens with one attached hydrogen (secondary N) is 1. The molecule has 0 fully saturated rings. The van der Waals surface area contributed by atoms with Crippen LogP contribution in [0.2, 0.25) is 0 Å². The molecule has 0 spiro atoms. The molecule has 1 aromatic carbocycles. The Kier molecular flexibility index (Phi) is 6.47. The fourth-order valence-electron chi connectivity index (χ4n) is 1.98. The fraction of sp³-hybridized carbons (Fsp3) is 0.571. The second kappa shape index (κ2) is 7.90. The minimum atomic E-state index is -2.78. The van der Waals surface area contributed by atoms with E-state index >= 15 is 0 Å². The van der Waals surface area contributed by atoms with E-state index in [-0.39, 0.29) is 5.75 Å². The van der Waals surface area contributed by atoms with Crippen molar-refractivity contribution in [1.29, 1.82) is 0 Å². The van der Waals surface area contributed by atoms with Crippen LogP contribution >= 0.6 is 0 Å². The SMILES string of the molecule is CCCC(CCC)Nc1cccc(OC(F)F)c1. The monoisotopic (exact) mass is 257 g/mol. The lowest BCUT2D eigenvalue weighted by Gasteiger charge is -2.19. The number of rotatable bonds is 8. The molecule has 0 saturated carbocycles. The van der Waals surface area contributed by atoms with Crippen molar-refractivity contribution in [2.45, 2.75) is 52.2 Å². The molecule has 0 heterocycles. The quantitative estimate of drug-likeness (QED) is 0.730. The van der Waals surface area contributed by atoms with Crippen molar-refractivity contribution in [3.05, 3.63) is 24.3 Å². The molecule has 0 saturated heterocycles. The zero-order valence-electron chi connectivity index (χ0n) is 11.0. The summed E-state index contributed by atoms with van der Waals surface area (Å²) in [5.74, 6) is 0.196. The lowest BCUT2D eigenvalue weighted by atomic mass is 10.1. The highest BCUT2D eigenvalue weighted by atomic mass is 19.3. The maximum absolute atomic E-state index is 12.1.